The minimum Gasteiger partial charge on any atom is -0.462 e. The number of benzene rings is 1. The van der Waals surface area contributed by atoms with Gasteiger partial charge < -0.3 is 23.7 Å². The Labute approximate surface area is 266 Å². The van der Waals surface area contributed by atoms with Crippen LogP contribution in [0.5, 0.6) is 0 Å². The summed E-state index contributed by atoms with van der Waals surface area (Å²) in [5.41, 5.74) is -3.03. The average molecular weight is 638 g/mol. The first-order chi connectivity index (χ1) is 19.9. The van der Waals surface area contributed by atoms with Crippen molar-refractivity contribution in [3.05, 3.63) is 34.9 Å². The minimum absolute atomic E-state index is 0.353. The van der Waals surface area contributed by atoms with Crippen LogP contribution in [0.1, 0.15) is 88.6 Å². The number of rotatable bonds is 7. The van der Waals surface area contributed by atoms with Gasteiger partial charge in [-0.05, 0) is 101 Å². The van der Waals surface area contributed by atoms with E-state index in [1.807, 2.05) is 0 Å². The molecule has 1 aliphatic heterocycles. The Morgan fingerprint density at radius 2 is 1.09 bits per heavy atom. The van der Waals surface area contributed by atoms with Gasteiger partial charge in [0.25, 0.3) is 0 Å². The van der Waals surface area contributed by atoms with Gasteiger partial charge in [-0.15, -0.1) is 0 Å². The molecule has 11 heteroatoms. The molecule has 0 aromatic heterocycles. The first-order valence-corrected chi connectivity index (χ1v) is 15.0. The molecule has 0 bridgehead atoms. The van der Waals surface area contributed by atoms with Gasteiger partial charge in [0, 0.05) is 11.2 Å². The number of carbonyl (C=O) groups is 4. The summed E-state index contributed by atoms with van der Waals surface area (Å²) in [4.78, 5) is 57.1. The second kappa shape index (κ2) is 14.0. The van der Waals surface area contributed by atoms with Crippen LogP contribution in [0.15, 0.2) is 29.3 Å². The highest BCUT2D eigenvalue weighted by Gasteiger charge is 2.54. The molecule has 2 rings (SSSR count). The molecule has 0 spiro atoms. The Hall–Kier alpha value is -2.98. The lowest BCUT2D eigenvalue weighted by molar-refractivity contribution is -0.258. The van der Waals surface area contributed by atoms with Crippen molar-refractivity contribution in [3.8, 4) is 0 Å². The standard InChI is InChI=1S/C33H48ClNO9/c1-30(2,3)26(36)40-18-21-22(42-27(37)31(4,5)6)23(43-28(38)32(7,8)9)24(44-29(39)33(10,11)12)25(41-21)35-17-19-13-15-20(34)16-14-19/h13-17,21-25H,18H2,1-12H3/b35-17+/t21-,22-,23+,24-,25?/m1/s1. The fraction of sp³-hybridized carbons (Fsp3) is 0.667. The summed E-state index contributed by atoms with van der Waals surface area (Å²) >= 11 is 6.03. The van der Waals surface area contributed by atoms with Gasteiger partial charge in [-0.1, -0.05) is 23.7 Å². The lowest BCUT2D eigenvalue weighted by Gasteiger charge is -2.45. The summed E-state index contributed by atoms with van der Waals surface area (Å²) in [7, 11) is 0. The molecule has 1 aliphatic rings. The van der Waals surface area contributed by atoms with E-state index in [0.717, 1.165) is 0 Å². The van der Waals surface area contributed by atoms with Crippen LogP contribution < -0.4 is 0 Å². The van der Waals surface area contributed by atoms with Crippen LogP contribution in [0.25, 0.3) is 0 Å². The summed E-state index contributed by atoms with van der Waals surface area (Å²) in [6, 6.07) is 6.84. The number of carbonyl (C=O) groups excluding carboxylic acids is 4. The zero-order valence-corrected chi connectivity index (χ0v) is 28.7. The monoisotopic (exact) mass is 637 g/mol. The van der Waals surface area contributed by atoms with Gasteiger partial charge in [0.05, 0.1) is 21.7 Å². The summed E-state index contributed by atoms with van der Waals surface area (Å²) in [5, 5.41) is 0.534. The maximum atomic E-state index is 13.3. The van der Waals surface area contributed by atoms with E-state index in [-0.39, 0.29) is 6.61 Å². The van der Waals surface area contributed by atoms with Crippen LogP contribution >= 0.6 is 11.6 Å². The highest BCUT2D eigenvalue weighted by molar-refractivity contribution is 6.30. The first kappa shape index (κ1) is 37.2. The molecule has 5 atom stereocenters. The normalized spacial score (nSPS) is 23.2. The molecule has 1 heterocycles. The Kier molecular flexibility index (Phi) is 11.8. The van der Waals surface area contributed by atoms with E-state index in [9.17, 15) is 19.2 Å². The molecule has 246 valence electrons. The number of esters is 4. The molecule has 44 heavy (non-hydrogen) atoms. The van der Waals surface area contributed by atoms with Gasteiger partial charge in [-0.3, -0.25) is 24.2 Å². The molecule has 0 saturated carbocycles. The van der Waals surface area contributed by atoms with Gasteiger partial charge in [0.1, 0.15) is 12.7 Å². The average Bonchev–Trinajstić information content (AvgIpc) is 2.87. The number of hydrogen-bond acceptors (Lipinski definition) is 10. The van der Waals surface area contributed by atoms with Crippen molar-refractivity contribution in [3.63, 3.8) is 0 Å². The summed E-state index contributed by atoms with van der Waals surface area (Å²) in [5.74, 6) is -2.40. The van der Waals surface area contributed by atoms with Crippen LogP contribution in [-0.2, 0) is 42.9 Å². The first-order valence-electron chi connectivity index (χ1n) is 14.7. The SMILES string of the molecule is CC(C)(C)C(=O)OC[C@H]1OC(/N=C/c2ccc(Cl)cc2)[C@H](OC(=O)C(C)(C)C)[C@@H](OC(=O)C(C)(C)C)[C@@H]1OC(=O)C(C)(C)C. The fourth-order valence-corrected chi connectivity index (χ4v) is 3.66. The van der Waals surface area contributed by atoms with Crippen LogP contribution in [0.2, 0.25) is 5.02 Å². The van der Waals surface area contributed by atoms with E-state index in [4.69, 9.17) is 35.3 Å². The Balaban J connectivity index is 2.71. The van der Waals surface area contributed by atoms with Crippen LogP contribution in [0.3, 0.4) is 0 Å². The maximum absolute atomic E-state index is 13.3. The second-order valence-electron chi connectivity index (χ2n) is 15.1. The summed E-state index contributed by atoms with van der Waals surface area (Å²) < 4.78 is 29.8. The van der Waals surface area contributed by atoms with Crippen molar-refractivity contribution in [2.75, 3.05) is 6.61 Å². The van der Waals surface area contributed by atoms with E-state index in [2.05, 4.69) is 4.99 Å². The molecular formula is C33H48ClNO9. The molecule has 10 nitrogen and oxygen atoms in total. The third-order valence-electron chi connectivity index (χ3n) is 6.41. The van der Waals surface area contributed by atoms with E-state index in [1.54, 1.807) is 107 Å². The third-order valence-corrected chi connectivity index (χ3v) is 6.66. The maximum Gasteiger partial charge on any atom is 0.311 e. The molecule has 1 aromatic rings. The van der Waals surface area contributed by atoms with E-state index in [1.165, 1.54) is 6.21 Å². The molecule has 1 fully saturated rings. The second-order valence-corrected chi connectivity index (χ2v) is 15.5. The van der Waals surface area contributed by atoms with Crippen molar-refractivity contribution in [2.24, 2.45) is 26.7 Å². The third kappa shape index (κ3) is 10.6. The Morgan fingerprint density at radius 3 is 1.52 bits per heavy atom. The summed E-state index contributed by atoms with van der Waals surface area (Å²) in [6.07, 6.45) is -4.88. The lowest BCUT2D eigenvalue weighted by Crippen LogP contribution is -2.63. The predicted molar refractivity (Wildman–Crippen MR) is 166 cm³/mol. The molecule has 1 unspecified atom stereocenters. The minimum atomic E-state index is -1.36. The Bertz CT molecular complexity index is 1210. The lowest BCUT2D eigenvalue weighted by atomic mass is 9.92. The number of hydrogen-bond donors (Lipinski definition) is 0. The molecular weight excluding hydrogens is 590 g/mol. The number of ether oxygens (including phenoxy) is 5. The van der Waals surface area contributed by atoms with Crippen molar-refractivity contribution in [1.29, 1.82) is 0 Å². The topological polar surface area (TPSA) is 127 Å². The van der Waals surface area contributed by atoms with Gasteiger partial charge >= 0.3 is 23.9 Å². The Morgan fingerprint density at radius 1 is 0.682 bits per heavy atom. The zero-order chi connectivity index (χ0) is 33.8. The zero-order valence-electron chi connectivity index (χ0n) is 28.0. The molecule has 0 radical (unpaired) electrons. The molecule has 0 aliphatic carbocycles. The smallest absolute Gasteiger partial charge is 0.311 e. The van der Waals surface area contributed by atoms with Crippen LogP contribution in [-0.4, -0.2) is 67.3 Å². The van der Waals surface area contributed by atoms with Crippen LogP contribution in [0.4, 0.5) is 0 Å². The predicted octanol–water partition coefficient (Wildman–Crippen LogP) is 5.95. The largest absolute Gasteiger partial charge is 0.462 e. The molecule has 0 N–H and O–H groups in total. The molecule has 1 saturated heterocycles. The van der Waals surface area contributed by atoms with Crippen molar-refractivity contribution in [2.45, 2.75) is 114 Å². The fourth-order valence-electron chi connectivity index (χ4n) is 3.53. The number of halogens is 1. The van der Waals surface area contributed by atoms with Gasteiger partial charge in [-0.2, -0.15) is 0 Å². The van der Waals surface area contributed by atoms with E-state index >= 15 is 0 Å². The molecule has 0 amide bonds. The number of nitrogens with zero attached hydrogens (tertiary/aromatic N) is 1. The van der Waals surface area contributed by atoms with Crippen LogP contribution in [0, 0.1) is 21.7 Å². The van der Waals surface area contributed by atoms with E-state index < -0.39 is 76.2 Å². The van der Waals surface area contributed by atoms with Crippen molar-refractivity contribution >= 4 is 41.7 Å². The number of aliphatic imine (C=N–C) groups is 1. The molecule has 1 aromatic carbocycles. The van der Waals surface area contributed by atoms with Gasteiger partial charge in [0.2, 0.25) is 0 Å². The van der Waals surface area contributed by atoms with Crippen molar-refractivity contribution in [1.82, 2.24) is 0 Å². The highest BCUT2D eigenvalue weighted by Crippen LogP contribution is 2.34. The van der Waals surface area contributed by atoms with Gasteiger partial charge in [0.15, 0.2) is 24.5 Å². The van der Waals surface area contributed by atoms with Crippen molar-refractivity contribution < 1.29 is 42.9 Å². The van der Waals surface area contributed by atoms with Gasteiger partial charge in [-0.25, -0.2) is 0 Å². The highest BCUT2D eigenvalue weighted by atomic mass is 35.5. The summed E-state index contributed by atoms with van der Waals surface area (Å²) in [6.45, 7) is 19.8. The van der Waals surface area contributed by atoms with E-state index in [0.29, 0.717) is 10.6 Å². The quantitative estimate of drug-likeness (QED) is 0.202.